The van der Waals surface area contributed by atoms with Gasteiger partial charge in [-0.05, 0) is 24.5 Å². The fourth-order valence-electron chi connectivity index (χ4n) is 2.11. The van der Waals surface area contributed by atoms with Gasteiger partial charge in [-0.1, -0.05) is 19.9 Å². The molecule has 4 heteroatoms. The summed E-state index contributed by atoms with van der Waals surface area (Å²) in [6, 6.07) is 4.83. The van der Waals surface area contributed by atoms with Gasteiger partial charge >= 0.3 is 0 Å². The van der Waals surface area contributed by atoms with Gasteiger partial charge in [0, 0.05) is 44.0 Å². The predicted molar refractivity (Wildman–Crippen MR) is 75.6 cm³/mol. The van der Waals surface area contributed by atoms with Crippen LogP contribution in [0.3, 0.4) is 0 Å². The Bertz CT molecular complexity index is 401. The molecule has 1 fully saturated rings. The minimum absolute atomic E-state index is 0.250. The van der Waals surface area contributed by atoms with Crippen LogP contribution in [0.25, 0.3) is 0 Å². The number of nitrogens with one attached hydrogen (secondary N) is 1. The van der Waals surface area contributed by atoms with Gasteiger partial charge in [0.2, 0.25) is 5.91 Å². The summed E-state index contributed by atoms with van der Waals surface area (Å²) >= 11 is 0. The van der Waals surface area contributed by atoms with Crippen molar-refractivity contribution < 1.29 is 4.79 Å². The molecule has 1 N–H and O–H groups in total. The first-order chi connectivity index (χ1) is 9.16. The molecule has 4 nitrogen and oxygen atoms in total. The fraction of sp³-hybridized carbons (Fsp3) is 0.600. The number of hydrogen-bond donors (Lipinski definition) is 1. The second-order valence-electron chi connectivity index (χ2n) is 5.47. The summed E-state index contributed by atoms with van der Waals surface area (Å²) in [7, 11) is 0. The first-order valence-corrected chi connectivity index (χ1v) is 7.08. The fourth-order valence-corrected chi connectivity index (χ4v) is 2.11. The Balaban J connectivity index is 1.87. The van der Waals surface area contributed by atoms with Crippen LogP contribution in [0, 0.1) is 0 Å². The molecule has 1 aromatic rings. The van der Waals surface area contributed by atoms with Crippen molar-refractivity contribution in [3.8, 4) is 0 Å². The van der Waals surface area contributed by atoms with E-state index in [9.17, 15) is 4.79 Å². The van der Waals surface area contributed by atoms with Gasteiger partial charge in [0.15, 0.2) is 0 Å². The summed E-state index contributed by atoms with van der Waals surface area (Å²) in [5.74, 6) is 0.250. The van der Waals surface area contributed by atoms with Crippen LogP contribution >= 0.6 is 0 Å². The van der Waals surface area contributed by atoms with Gasteiger partial charge in [-0.2, -0.15) is 0 Å². The average molecular weight is 261 g/mol. The van der Waals surface area contributed by atoms with Gasteiger partial charge in [-0.15, -0.1) is 0 Å². The molecule has 1 aromatic heterocycles. The summed E-state index contributed by atoms with van der Waals surface area (Å²) < 4.78 is 0. The smallest absolute Gasteiger partial charge is 0.224 e. The van der Waals surface area contributed by atoms with Crippen LogP contribution in [0.2, 0.25) is 0 Å². The van der Waals surface area contributed by atoms with E-state index in [1.165, 1.54) is 0 Å². The second kappa shape index (κ2) is 6.66. The molecule has 1 saturated carbocycles. The minimum atomic E-state index is 0.250. The van der Waals surface area contributed by atoms with E-state index in [0.717, 1.165) is 24.9 Å². The van der Waals surface area contributed by atoms with Crippen molar-refractivity contribution in [2.75, 3.05) is 6.54 Å². The maximum atomic E-state index is 12.3. The van der Waals surface area contributed by atoms with E-state index >= 15 is 0 Å². The van der Waals surface area contributed by atoms with E-state index in [4.69, 9.17) is 0 Å². The molecule has 0 aromatic carbocycles. The third kappa shape index (κ3) is 4.63. The lowest BCUT2D eigenvalue weighted by molar-refractivity contribution is -0.132. The van der Waals surface area contributed by atoms with Gasteiger partial charge < -0.3 is 10.2 Å². The van der Waals surface area contributed by atoms with Crippen LogP contribution in [0.5, 0.6) is 0 Å². The van der Waals surface area contributed by atoms with E-state index < -0.39 is 0 Å². The Labute approximate surface area is 115 Å². The zero-order valence-electron chi connectivity index (χ0n) is 11.8. The van der Waals surface area contributed by atoms with Crippen LogP contribution < -0.4 is 5.32 Å². The minimum Gasteiger partial charge on any atom is -0.335 e. The lowest BCUT2D eigenvalue weighted by Crippen LogP contribution is -2.35. The number of carbonyl (C=O) groups is 1. The first kappa shape index (κ1) is 14.0. The monoisotopic (exact) mass is 261 g/mol. The van der Waals surface area contributed by atoms with Crippen molar-refractivity contribution in [2.45, 2.75) is 51.7 Å². The largest absolute Gasteiger partial charge is 0.335 e. The molecule has 0 radical (unpaired) electrons. The van der Waals surface area contributed by atoms with Gasteiger partial charge in [0.1, 0.15) is 0 Å². The molecule has 1 heterocycles. The van der Waals surface area contributed by atoms with Crippen molar-refractivity contribution in [2.24, 2.45) is 0 Å². The summed E-state index contributed by atoms with van der Waals surface area (Å²) in [4.78, 5) is 18.4. The highest BCUT2D eigenvalue weighted by Gasteiger charge is 2.32. The van der Waals surface area contributed by atoms with Crippen molar-refractivity contribution in [1.29, 1.82) is 0 Å². The zero-order chi connectivity index (χ0) is 13.7. The Morgan fingerprint density at radius 3 is 2.89 bits per heavy atom. The van der Waals surface area contributed by atoms with Gasteiger partial charge in [-0.3, -0.25) is 9.78 Å². The molecule has 0 bridgehead atoms. The first-order valence-electron chi connectivity index (χ1n) is 7.08. The molecular weight excluding hydrogens is 238 g/mol. The number of carbonyl (C=O) groups excluding carboxylic acids is 1. The molecule has 2 rings (SSSR count). The number of pyridine rings is 1. The van der Waals surface area contributed by atoms with Crippen LogP contribution in [0.15, 0.2) is 24.5 Å². The summed E-state index contributed by atoms with van der Waals surface area (Å²) in [6.45, 7) is 5.64. The number of nitrogens with zero attached hydrogens (tertiary/aromatic N) is 2. The quantitative estimate of drug-likeness (QED) is 0.816. The average Bonchev–Trinajstić information content (AvgIpc) is 3.21. The molecule has 104 valence electrons. The lowest BCUT2D eigenvalue weighted by Gasteiger charge is -2.23. The van der Waals surface area contributed by atoms with E-state index in [-0.39, 0.29) is 5.91 Å². The number of aromatic nitrogens is 1. The highest BCUT2D eigenvalue weighted by molar-refractivity contribution is 5.77. The van der Waals surface area contributed by atoms with Gasteiger partial charge in [-0.25, -0.2) is 0 Å². The second-order valence-corrected chi connectivity index (χ2v) is 5.47. The Morgan fingerprint density at radius 1 is 1.53 bits per heavy atom. The third-order valence-electron chi connectivity index (χ3n) is 3.28. The van der Waals surface area contributed by atoms with E-state index in [0.29, 0.717) is 25.0 Å². The van der Waals surface area contributed by atoms with Crippen molar-refractivity contribution >= 4 is 5.91 Å². The lowest BCUT2D eigenvalue weighted by atomic mass is 10.2. The molecule has 1 amide bonds. The summed E-state index contributed by atoms with van der Waals surface area (Å²) in [5.41, 5.74) is 1.11. The highest BCUT2D eigenvalue weighted by Crippen LogP contribution is 2.28. The maximum absolute atomic E-state index is 12.3. The number of rotatable bonds is 7. The van der Waals surface area contributed by atoms with Crippen molar-refractivity contribution in [1.82, 2.24) is 15.2 Å². The molecule has 19 heavy (non-hydrogen) atoms. The predicted octanol–water partition coefficient (Wildman–Crippen LogP) is 1.96. The van der Waals surface area contributed by atoms with E-state index in [1.54, 1.807) is 6.20 Å². The van der Waals surface area contributed by atoms with Gasteiger partial charge in [0.05, 0.1) is 0 Å². The van der Waals surface area contributed by atoms with Crippen LogP contribution in [0.1, 0.15) is 38.7 Å². The third-order valence-corrected chi connectivity index (χ3v) is 3.28. The van der Waals surface area contributed by atoms with Gasteiger partial charge in [0.25, 0.3) is 0 Å². The van der Waals surface area contributed by atoms with Crippen molar-refractivity contribution in [3.05, 3.63) is 30.1 Å². The molecule has 1 aliphatic rings. The van der Waals surface area contributed by atoms with Crippen LogP contribution in [-0.2, 0) is 11.3 Å². The van der Waals surface area contributed by atoms with Crippen LogP contribution in [0.4, 0.5) is 0 Å². The summed E-state index contributed by atoms with van der Waals surface area (Å²) in [5, 5.41) is 3.29. The van der Waals surface area contributed by atoms with E-state index in [2.05, 4.69) is 24.1 Å². The Kier molecular flexibility index (Phi) is 4.91. The Morgan fingerprint density at radius 2 is 2.32 bits per heavy atom. The molecule has 0 atom stereocenters. The molecular formula is C15H23N3O. The summed E-state index contributed by atoms with van der Waals surface area (Å²) in [6.07, 6.45) is 6.47. The molecule has 0 saturated heterocycles. The van der Waals surface area contributed by atoms with Crippen LogP contribution in [-0.4, -0.2) is 34.4 Å². The van der Waals surface area contributed by atoms with E-state index in [1.807, 2.05) is 23.2 Å². The number of amides is 1. The molecule has 0 spiro atoms. The highest BCUT2D eigenvalue weighted by atomic mass is 16.2. The normalized spacial score (nSPS) is 14.7. The topological polar surface area (TPSA) is 45.2 Å². The van der Waals surface area contributed by atoms with Crippen molar-refractivity contribution in [3.63, 3.8) is 0 Å². The number of hydrogen-bond acceptors (Lipinski definition) is 3. The Hall–Kier alpha value is -1.42. The zero-order valence-corrected chi connectivity index (χ0v) is 11.8. The molecule has 1 aliphatic carbocycles. The SMILES string of the molecule is CC(C)NCCC(=O)N(Cc1cccnc1)C1CC1. The molecule has 0 unspecified atom stereocenters. The standard InChI is InChI=1S/C15H23N3O/c1-12(2)17-9-7-15(19)18(14-5-6-14)11-13-4-3-8-16-10-13/h3-4,8,10,12,14,17H,5-7,9,11H2,1-2H3. The molecule has 0 aliphatic heterocycles. The maximum Gasteiger partial charge on any atom is 0.224 e.